The minimum absolute atomic E-state index is 0.0535. The molecule has 1 atom stereocenters. The molecule has 1 aromatic heterocycles. The van der Waals surface area contributed by atoms with Crippen LogP contribution in [0.5, 0.6) is 0 Å². The van der Waals surface area contributed by atoms with Crippen molar-refractivity contribution in [2.75, 3.05) is 19.6 Å². The molecule has 1 aliphatic heterocycles. The van der Waals surface area contributed by atoms with E-state index in [1.165, 1.54) is 4.31 Å². The van der Waals surface area contributed by atoms with Crippen LogP contribution in [0.2, 0.25) is 0 Å². The fourth-order valence-corrected chi connectivity index (χ4v) is 4.17. The molecule has 0 bridgehead atoms. The molecule has 1 fully saturated rings. The Morgan fingerprint density at radius 2 is 2.19 bits per heavy atom. The zero-order valence-corrected chi connectivity index (χ0v) is 13.1. The van der Waals surface area contributed by atoms with Crippen molar-refractivity contribution < 1.29 is 8.42 Å². The first-order valence-electron chi connectivity index (χ1n) is 7.56. The maximum Gasteiger partial charge on any atom is 0.279 e. The minimum Gasteiger partial charge on any atom is -0.337 e. The lowest BCUT2D eigenvalue weighted by Gasteiger charge is -2.33. The van der Waals surface area contributed by atoms with Crippen molar-refractivity contribution in [1.29, 1.82) is 0 Å². The van der Waals surface area contributed by atoms with Crippen LogP contribution >= 0.6 is 0 Å². The first-order valence-corrected chi connectivity index (χ1v) is 9.00. The Labute approximate surface area is 126 Å². The predicted molar refractivity (Wildman–Crippen MR) is 81.8 cm³/mol. The number of piperidine rings is 1. The third kappa shape index (κ3) is 4.77. The van der Waals surface area contributed by atoms with Gasteiger partial charge in [-0.15, -0.1) is 0 Å². The van der Waals surface area contributed by atoms with E-state index in [2.05, 4.69) is 9.71 Å². The first kappa shape index (κ1) is 16.4. The molecule has 120 valence electrons. The molecule has 1 aliphatic rings. The Morgan fingerprint density at radius 1 is 1.33 bits per heavy atom. The van der Waals surface area contributed by atoms with Crippen molar-refractivity contribution in [3.05, 3.63) is 18.7 Å². The summed E-state index contributed by atoms with van der Waals surface area (Å²) in [5, 5.41) is 0. The van der Waals surface area contributed by atoms with E-state index in [1.807, 2.05) is 10.8 Å². The topological polar surface area (TPSA) is 93.2 Å². The number of rotatable bonds is 8. The highest BCUT2D eigenvalue weighted by molar-refractivity contribution is 7.87. The maximum absolute atomic E-state index is 12.3. The van der Waals surface area contributed by atoms with Crippen LogP contribution in [0.4, 0.5) is 0 Å². The Balaban J connectivity index is 1.73. The Bertz CT molecular complexity index is 503. The largest absolute Gasteiger partial charge is 0.337 e. The lowest BCUT2D eigenvalue weighted by atomic mass is 10.1. The smallest absolute Gasteiger partial charge is 0.279 e. The number of imidazole rings is 1. The fraction of sp³-hybridized carbons (Fsp3) is 0.769. The molecular weight excluding hydrogens is 290 g/mol. The lowest BCUT2D eigenvalue weighted by molar-refractivity contribution is 0.254. The standard InChI is InChI=1S/C13H25N5O2S/c14-11-13-5-1-3-9-18(13)21(19,20)16-6-2-4-8-17-10-7-15-12-17/h7,10,12-13,16H,1-6,8-9,11,14H2. The van der Waals surface area contributed by atoms with Crippen LogP contribution in [0.15, 0.2) is 18.7 Å². The molecule has 0 radical (unpaired) electrons. The summed E-state index contributed by atoms with van der Waals surface area (Å²) in [4.78, 5) is 3.97. The number of hydrogen-bond acceptors (Lipinski definition) is 4. The second-order valence-electron chi connectivity index (χ2n) is 5.40. The summed E-state index contributed by atoms with van der Waals surface area (Å²) in [6.07, 6.45) is 9.96. The zero-order valence-electron chi connectivity index (χ0n) is 12.3. The fourth-order valence-electron chi connectivity index (χ4n) is 2.65. The van der Waals surface area contributed by atoms with E-state index in [9.17, 15) is 8.42 Å². The van der Waals surface area contributed by atoms with Crippen molar-refractivity contribution in [1.82, 2.24) is 18.6 Å². The van der Waals surface area contributed by atoms with Gasteiger partial charge in [0.25, 0.3) is 10.2 Å². The number of nitrogens with two attached hydrogens (primary N) is 1. The van der Waals surface area contributed by atoms with Gasteiger partial charge in [-0.25, -0.2) is 9.71 Å². The van der Waals surface area contributed by atoms with E-state index in [1.54, 1.807) is 12.5 Å². The van der Waals surface area contributed by atoms with Gasteiger partial charge in [-0.2, -0.15) is 12.7 Å². The molecule has 7 nitrogen and oxygen atoms in total. The molecular formula is C13H25N5O2S. The van der Waals surface area contributed by atoms with Crippen molar-refractivity contribution >= 4 is 10.2 Å². The van der Waals surface area contributed by atoms with E-state index in [0.717, 1.165) is 38.6 Å². The van der Waals surface area contributed by atoms with Gasteiger partial charge in [0.15, 0.2) is 0 Å². The van der Waals surface area contributed by atoms with Crippen molar-refractivity contribution in [3.8, 4) is 0 Å². The van der Waals surface area contributed by atoms with E-state index in [-0.39, 0.29) is 6.04 Å². The van der Waals surface area contributed by atoms with Crippen molar-refractivity contribution in [3.63, 3.8) is 0 Å². The second-order valence-corrected chi connectivity index (χ2v) is 7.11. The molecule has 1 saturated heterocycles. The minimum atomic E-state index is -3.39. The summed E-state index contributed by atoms with van der Waals surface area (Å²) in [6, 6.07) is -0.0535. The van der Waals surface area contributed by atoms with Crippen LogP contribution in [0.1, 0.15) is 32.1 Å². The summed E-state index contributed by atoms with van der Waals surface area (Å²) in [6.45, 7) is 2.29. The van der Waals surface area contributed by atoms with Crippen molar-refractivity contribution in [2.24, 2.45) is 5.73 Å². The summed E-state index contributed by atoms with van der Waals surface area (Å²) in [5.74, 6) is 0. The third-order valence-electron chi connectivity index (χ3n) is 3.84. The van der Waals surface area contributed by atoms with Gasteiger partial charge >= 0.3 is 0 Å². The molecule has 8 heteroatoms. The molecule has 0 spiro atoms. The maximum atomic E-state index is 12.3. The van der Waals surface area contributed by atoms with Gasteiger partial charge in [0.1, 0.15) is 0 Å². The van der Waals surface area contributed by atoms with Crippen LogP contribution in [0.25, 0.3) is 0 Å². The van der Waals surface area contributed by atoms with Gasteiger partial charge in [0.05, 0.1) is 6.33 Å². The summed E-state index contributed by atoms with van der Waals surface area (Å²) in [5.41, 5.74) is 5.68. The Hall–Kier alpha value is -0.960. The van der Waals surface area contributed by atoms with Gasteiger partial charge in [-0.3, -0.25) is 0 Å². The summed E-state index contributed by atoms with van der Waals surface area (Å²) in [7, 11) is -3.39. The molecule has 3 N–H and O–H groups in total. The van der Waals surface area contributed by atoms with E-state index in [0.29, 0.717) is 19.6 Å². The van der Waals surface area contributed by atoms with Crippen LogP contribution in [-0.4, -0.2) is 48.0 Å². The average Bonchev–Trinajstić information content (AvgIpc) is 3.00. The molecule has 2 heterocycles. The normalized spacial score (nSPS) is 20.7. The number of nitrogens with one attached hydrogen (secondary N) is 1. The number of unbranched alkanes of at least 4 members (excludes halogenated alkanes) is 1. The van der Waals surface area contributed by atoms with Gasteiger partial charge in [-0.05, 0) is 25.7 Å². The zero-order chi connectivity index (χ0) is 15.1. The number of aromatic nitrogens is 2. The number of hydrogen-bond donors (Lipinski definition) is 2. The van der Waals surface area contributed by atoms with E-state index in [4.69, 9.17) is 5.73 Å². The average molecular weight is 315 g/mol. The van der Waals surface area contributed by atoms with Crippen LogP contribution in [0.3, 0.4) is 0 Å². The molecule has 1 aromatic rings. The second kappa shape index (κ2) is 7.88. The Morgan fingerprint density at radius 3 is 2.90 bits per heavy atom. The lowest BCUT2D eigenvalue weighted by Crippen LogP contribution is -2.51. The van der Waals surface area contributed by atoms with Gasteiger partial charge in [0, 0.05) is 44.6 Å². The molecule has 0 saturated carbocycles. The monoisotopic (exact) mass is 315 g/mol. The first-order chi connectivity index (χ1) is 10.1. The highest BCUT2D eigenvalue weighted by atomic mass is 32.2. The molecule has 2 rings (SSSR count). The highest BCUT2D eigenvalue weighted by Gasteiger charge is 2.30. The van der Waals surface area contributed by atoms with E-state index >= 15 is 0 Å². The van der Waals surface area contributed by atoms with E-state index < -0.39 is 10.2 Å². The molecule has 0 amide bonds. The molecule has 0 aliphatic carbocycles. The van der Waals surface area contributed by atoms with Crippen molar-refractivity contribution in [2.45, 2.75) is 44.7 Å². The number of aryl methyl sites for hydroxylation is 1. The Kier molecular flexibility index (Phi) is 6.16. The van der Waals surface area contributed by atoms with Gasteiger partial charge in [0.2, 0.25) is 0 Å². The molecule has 21 heavy (non-hydrogen) atoms. The highest BCUT2D eigenvalue weighted by Crippen LogP contribution is 2.18. The summed E-state index contributed by atoms with van der Waals surface area (Å²) >= 11 is 0. The SMILES string of the molecule is NCC1CCCCN1S(=O)(=O)NCCCCn1ccnc1. The van der Waals surface area contributed by atoms with Crippen LogP contribution < -0.4 is 10.5 Å². The quantitative estimate of drug-likeness (QED) is 0.675. The molecule has 0 aromatic carbocycles. The number of nitrogens with zero attached hydrogens (tertiary/aromatic N) is 3. The predicted octanol–water partition coefficient (Wildman–Crippen LogP) is 0.311. The summed E-state index contributed by atoms with van der Waals surface area (Å²) < 4.78 is 30.8. The van der Waals surface area contributed by atoms with Gasteiger partial charge < -0.3 is 10.3 Å². The van der Waals surface area contributed by atoms with Crippen LogP contribution in [0, 0.1) is 0 Å². The van der Waals surface area contributed by atoms with Gasteiger partial charge in [-0.1, -0.05) is 6.42 Å². The van der Waals surface area contributed by atoms with Crippen LogP contribution in [-0.2, 0) is 16.8 Å². The third-order valence-corrected chi connectivity index (χ3v) is 5.51. The molecule has 1 unspecified atom stereocenters.